The number of pyridine rings is 1. The summed E-state index contributed by atoms with van der Waals surface area (Å²) >= 11 is 1.15. The van der Waals surface area contributed by atoms with E-state index in [1.54, 1.807) is 97.2 Å². The molecular formula is C28H34N8O5S. The first-order valence-electron chi connectivity index (χ1n) is 13.1. The van der Waals surface area contributed by atoms with E-state index in [2.05, 4.69) is 25.6 Å². The van der Waals surface area contributed by atoms with Crippen LogP contribution in [-0.2, 0) is 14.3 Å². The number of hydrogen-bond acceptors (Lipinski definition) is 11. The van der Waals surface area contributed by atoms with E-state index in [9.17, 15) is 14.4 Å². The van der Waals surface area contributed by atoms with E-state index in [1.165, 1.54) is 15.8 Å². The number of nitrogens with zero attached hydrogens (tertiary/aromatic N) is 7. The van der Waals surface area contributed by atoms with Crippen molar-refractivity contribution in [2.75, 3.05) is 30.9 Å². The van der Waals surface area contributed by atoms with Crippen LogP contribution in [0, 0.1) is 0 Å². The van der Waals surface area contributed by atoms with Crippen molar-refractivity contribution in [1.82, 2.24) is 29.9 Å². The maximum atomic E-state index is 13.5. The van der Waals surface area contributed by atoms with Gasteiger partial charge in [-0.3, -0.25) is 9.78 Å². The molecule has 3 aromatic heterocycles. The van der Waals surface area contributed by atoms with E-state index < -0.39 is 23.4 Å². The zero-order valence-corrected chi connectivity index (χ0v) is 25.6. The van der Waals surface area contributed by atoms with Crippen LogP contribution in [0.15, 0.2) is 42.9 Å². The molecule has 0 atom stereocenters. The number of carbonyl (C=O) groups is 3. The molecule has 1 aromatic carbocycles. The lowest BCUT2D eigenvalue weighted by Gasteiger charge is -2.25. The highest BCUT2D eigenvalue weighted by Gasteiger charge is 2.29. The molecule has 1 N–H and O–H groups in total. The number of carbonyl (C=O) groups excluding carboxylic acids is 3. The molecule has 222 valence electrons. The maximum Gasteiger partial charge on any atom is 0.435 e. The lowest BCUT2D eigenvalue weighted by molar-refractivity contribution is -0.116. The summed E-state index contributed by atoms with van der Waals surface area (Å²) in [5.41, 5.74) is 0.593. The molecule has 42 heavy (non-hydrogen) atoms. The van der Waals surface area contributed by atoms with Crippen LogP contribution >= 0.6 is 11.3 Å². The molecule has 0 saturated heterocycles. The summed E-state index contributed by atoms with van der Waals surface area (Å²) in [6.07, 6.45) is 3.38. The van der Waals surface area contributed by atoms with Gasteiger partial charge in [-0.25, -0.2) is 14.5 Å². The van der Waals surface area contributed by atoms with Crippen LogP contribution in [0.1, 0.15) is 41.5 Å². The minimum absolute atomic E-state index is 0.182. The van der Waals surface area contributed by atoms with Gasteiger partial charge in [0.15, 0.2) is 5.01 Å². The molecule has 0 unspecified atom stereocenters. The molecule has 0 bridgehead atoms. The van der Waals surface area contributed by atoms with Crippen molar-refractivity contribution in [2.45, 2.75) is 52.7 Å². The van der Waals surface area contributed by atoms with Gasteiger partial charge in [0.1, 0.15) is 11.2 Å². The number of nitrogens with one attached hydrogen (secondary N) is 1. The summed E-state index contributed by atoms with van der Waals surface area (Å²) in [4.78, 5) is 45.6. The second-order valence-electron chi connectivity index (χ2n) is 11.7. The third-order valence-electron chi connectivity index (χ3n) is 5.29. The van der Waals surface area contributed by atoms with Crippen LogP contribution < -0.4 is 10.2 Å². The van der Waals surface area contributed by atoms with E-state index in [4.69, 9.17) is 9.47 Å². The van der Waals surface area contributed by atoms with Gasteiger partial charge in [-0.05, 0) is 79.9 Å². The zero-order chi connectivity index (χ0) is 30.8. The van der Waals surface area contributed by atoms with Crippen LogP contribution in [0.4, 0.5) is 26.1 Å². The zero-order valence-electron chi connectivity index (χ0n) is 24.8. The van der Waals surface area contributed by atoms with Gasteiger partial charge >= 0.3 is 12.2 Å². The first kappa shape index (κ1) is 30.5. The number of fused-ring (bicyclic) bond motifs is 1. The highest BCUT2D eigenvalue weighted by Crippen LogP contribution is 2.36. The molecule has 0 spiro atoms. The van der Waals surface area contributed by atoms with Gasteiger partial charge in [0.05, 0.1) is 35.8 Å². The van der Waals surface area contributed by atoms with Gasteiger partial charge in [0.2, 0.25) is 11.0 Å². The first-order chi connectivity index (χ1) is 19.6. The summed E-state index contributed by atoms with van der Waals surface area (Å²) in [5.74, 6) is -0.182. The number of likely N-dealkylation sites (N-methyl/N-ethyl adjacent to an activating group) is 1. The standard InChI is InChI=1S/C28H34N8O5S/c1-27(2,3)40-25(38)35(20-9-10-21-17(12-20)14-30-36(21)26(39)41-28(4,5)6)24-33-32-23(42-24)18-11-19(15-29-13-18)31-22(37)16-34(7)8/h9-15H,16H2,1-8H3,(H,31,37). The Hall–Kier alpha value is -4.43. The number of rotatable bonds is 6. The van der Waals surface area contributed by atoms with Crippen molar-refractivity contribution < 1.29 is 23.9 Å². The quantitative estimate of drug-likeness (QED) is 0.312. The maximum absolute atomic E-state index is 13.5. The molecular weight excluding hydrogens is 560 g/mol. The van der Waals surface area contributed by atoms with Crippen molar-refractivity contribution in [3.05, 3.63) is 42.9 Å². The number of benzene rings is 1. The summed E-state index contributed by atoms with van der Waals surface area (Å²) in [6, 6.07) is 6.78. The minimum Gasteiger partial charge on any atom is -0.443 e. The number of anilines is 3. The molecule has 0 radical (unpaired) electrons. The van der Waals surface area contributed by atoms with Gasteiger partial charge in [0, 0.05) is 17.1 Å². The van der Waals surface area contributed by atoms with Crippen molar-refractivity contribution >= 4 is 56.8 Å². The molecule has 0 aliphatic heterocycles. The molecule has 0 fully saturated rings. The van der Waals surface area contributed by atoms with E-state index in [0.29, 0.717) is 32.8 Å². The fourth-order valence-electron chi connectivity index (χ4n) is 3.75. The SMILES string of the molecule is CN(C)CC(=O)Nc1cncc(-c2nnc(N(C(=O)OC(C)(C)C)c3ccc4c(cnn4C(=O)OC(C)(C)C)c3)s2)c1. The summed E-state index contributed by atoms with van der Waals surface area (Å²) in [7, 11) is 3.61. The van der Waals surface area contributed by atoms with Crippen LogP contribution in [-0.4, -0.2) is 79.8 Å². The van der Waals surface area contributed by atoms with Gasteiger partial charge in [-0.1, -0.05) is 11.3 Å². The fraction of sp³-hybridized carbons (Fsp3) is 0.393. The van der Waals surface area contributed by atoms with Crippen LogP contribution in [0.2, 0.25) is 0 Å². The Morgan fingerprint density at radius 3 is 2.33 bits per heavy atom. The molecule has 4 rings (SSSR count). The lowest BCUT2D eigenvalue weighted by atomic mass is 10.2. The van der Waals surface area contributed by atoms with Crippen LogP contribution in [0.5, 0.6) is 0 Å². The highest BCUT2D eigenvalue weighted by atomic mass is 32.1. The highest BCUT2D eigenvalue weighted by molar-refractivity contribution is 7.18. The van der Waals surface area contributed by atoms with Crippen molar-refractivity contribution in [3.8, 4) is 10.6 Å². The molecule has 0 aliphatic carbocycles. The monoisotopic (exact) mass is 594 g/mol. The van der Waals surface area contributed by atoms with Gasteiger partial charge < -0.3 is 19.7 Å². The van der Waals surface area contributed by atoms with Gasteiger partial charge in [-0.2, -0.15) is 9.78 Å². The summed E-state index contributed by atoms with van der Waals surface area (Å²) in [6.45, 7) is 10.9. The number of aromatic nitrogens is 5. The minimum atomic E-state index is -0.780. The molecule has 3 heterocycles. The Morgan fingerprint density at radius 2 is 1.67 bits per heavy atom. The van der Waals surface area contributed by atoms with Crippen molar-refractivity contribution in [1.29, 1.82) is 0 Å². The Kier molecular flexibility index (Phi) is 8.59. The molecule has 0 aliphatic rings. The van der Waals surface area contributed by atoms with E-state index in [1.807, 2.05) is 0 Å². The van der Waals surface area contributed by atoms with Gasteiger partial charge in [-0.15, -0.1) is 10.2 Å². The molecule has 4 aromatic rings. The van der Waals surface area contributed by atoms with E-state index >= 15 is 0 Å². The van der Waals surface area contributed by atoms with Gasteiger partial charge in [0.25, 0.3) is 0 Å². The number of amides is 2. The summed E-state index contributed by atoms with van der Waals surface area (Å²) < 4.78 is 12.3. The topological polar surface area (TPSA) is 145 Å². The van der Waals surface area contributed by atoms with E-state index in [0.717, 1.165) is 11.3 Å². The predicted molar refractivity (Wildman–Crippen MR) is 160 cm³/mol. The van der Waals surface area contributed by atoms with Crippen LogP contribution in [0.3, 0.4) is 0 Å². The smallest absolute Gasteiger partial charge is 0.435 e. The Morgan fingerprint density at radius 1 is 0.952 bits per heavy atom. The molecule has 0 saturated carbocycles. The average Bonchev–Trinajstić information content (AvgIpc) is 3.49. The third kappa shape index (κ3) is 7.64. The molecule has 14 heteroatoms. The van der Waals surface area contributed by atoms with Crippen molar-refractivity contribution in [2.24, 2.45) is 0 Å². The third-order valence-corrected chi connectivity index (χ3v) is 6.24. The Labute approximate surface area is 247 Å². The molecule has 2 amide bonds. The Bertz CT molecular complexity index is 1620. The first-order valence-corrected chi connectivity index (χ1v) is 13.9. The normalized spacial score (nSPS) is 11.9. The van der Waals surface area contributed by atoms with Crippen LogP contribution in [0.25, 0.3) is 21.5 Å². The lowest BCUT2D eigenvalue weighted by Crippen LogP contribution is -2.33. The predicted octanol–water partition coefficient (Wildman–Crippen LogP) is 5.31. The second kappa shape index (κ2) is 11.8. The molecule has 13 nitrogen and oxygen atoms in total. The summed E-state index contributed by atoms with van der Waals surface area (Å²) in [5, 5.41) is 16.9. The fourth-order valence-corrected chi connectivity index (χ4v) is 4.58. The number of hydrogen-bond donors (Lipinski definition) is 1. The second-order valence-corrected chi connectivity index (χ2v) is 12.7. The van der Waals surface area contributed by atoms with Crippen molar-refractivity contribution in [3.63, 3.8) is 0 Å². The average molecular weight is 595 g/mol. The number of ether oxygens (including phenoxy) is 2. The largest absolute Gasteiger partial charge is 0.443 e. The Balaban J connectivity index is 1.68. The van der Waals surface area contributed by atoms with E-state index in [-0.39, 0.29) is 17.6 Å².